The van der Waals surface area contributed by atoms with E-state index in [-0.39, 0.29) is 5.91 Å². The molecule has 2 aromatic rings. The maximum Gasteiger partial charge on any atom is 0.248 e. The normalized spacial score (nSPS) is 10.7. The lowest BCUT2D eigenvalue weighted by atomic mass is 10.1. The number of methoxy groups -OCH3 is 3. The van der Waals surface area contributed by atoms with E-state index in [1.54, 1.807) is 39.5 Å². The molecule has 2 aromatic carbocycles. The third kappa shape index (κ3) is 5.51. The zero-order valence-corrected chi connectivity index (χ0v) is 16.4. The highest BCUT2D eigenvalue weighted by Gasteiger charge is 2.12. The molecule has 2 rings (SSSR count). The fourth-order valence-electron chi connectivity index (χ4n) is 2.77. The number of carbonyl (C=O) groups excluding carboxylic acids is 1. The average Bonchev–Trinajstić information content (AvgIpc) is 2.70. The molecule has 0 bridgehead atoms. The Morgan fingerprint density at radius 3 is 2.30 bits per heavy atom. The number of hydrogen-bond donors (Lipinski definition) is 1. The maximum absolute atomic E-state index is 12.4. The largest absolute Gasteiger partial charge is 0.493 e. The summed E-state index contributed by atoms with van der Waals surface area (Å²) < 4.78 is 16.0. The molecule has 0 radical (unpaired) electrons. The van der Waals surface area contributed by atoms with Gasteiger partial charge in [0, 0.05) is 11.8 Å². The van der Waals surface area contributed by atoms with Gasteiger partial charge in [0.1, 0.15) is 0 Å². The quantitative estimate of drug-likeness (QED) is 0.651. The van der Waals surface area contributed by atoms with Gasteiger partial charge in [-0.15, -0.1) is 0 Å². The second-order valence-electron chi connectivity index (χ2n) is 6.04. The first-order valence-electron chi connectivity index (χ1n) is 8.99. The highest BCUT2D eigenvalue weighted by Crippen LogP contribution is 2.38. The van der Waals surface area contributed by atoms with Crippen LogP contribution in [-0.2, 0) is 11.2 Å². The lowest BCUT2D eigenvalue weighted by Crippen LogP contribution is -2.09. The highest BCUT2D eigenvalue weighted by molar-refractivity contribution is 6.02. The second-order valence-corrected chi connectivity index (χ2v) is 6.04. The van der Waals surface area contributed by atoms with Crippen LogP contribution in [-0.4, -0.2) is 27.2 Å². The summed E-state index contributed by atoms with van der Waals surface area (Å²) >= 11 is 0. The van der Waals surface area contributed by atoms with Crippen LogP contribution < -0.4 is 19.5 Å². The van der Waals surface area contributed by atoms with Crippen molar-refractivity contribution in [1.29, 1.82) is 0 Å². The van der Waals surface area contributed by atoms with E-state index in [1.165, 1.54) is 6.08 Å². The molecule has 0 unspecified atom stereocenters. The van der Waals surface area contributed by atoms with Crippen LogP contribution in [0.5, 0.6) is 17.2 Å². The number of unbranched alkanes of at least 4 members (excludes halogenated alkanes) is 1. The van der Waals surface area contributed by atoms with Crippen molar-refractivity contribution < 1.29 is 19.0 Å². The number of anilines is 1. The SMILES string of the molecule is CCCCc1ccccc1NC(=O)/C=C/c1cc(OC)c(OC)c(OC)c1. The number of rotatable bonds is 9. The van der Waals surface area contributed by atoms with Crippen LogP contribution in [0, 0.1) is 0 Å². The second kappa shape index (κ2) is 10.3. The Morgan fingerprint density at radius 1 is 1.04 bits per heavy atom. The van der Waals surface area contributed by atoms with E-state index in [0.29, 0.717) is 17.2 Å². The predicted molar refractivity (Wildman–Crippen MR) is 109 cm³/mol. The first-order chi connectivity index (χ1) is 13.1. The number of amides is 1. The summed E-state index contributed by atoms with van der Waals surface area (Å²) in [5, 5.41) is 2.96. The molecule has 5 heteroatoms. The van der Waals surface area contributed by atoms with Crippen LogP contribution in [0.15, 0.2) is 42.5 Å². The molecule has 0 heterocycles. The minimum atomic E-state index is -0.187. The summed E-state index contributed by atoms with van der Waals surface area (Å²) in [5.74, 6) is 1.42. The van der Waals surface area contributed by atoms with E-state index in [0.717, 1.165) is 36.1 Å². The molecule has 0 spiro atoms. The van der Waals surface area contributed by atoms with Gasteiger partial charge >= 0.3 is 0 Å². The predicted octanol–water partition coefficient (Wildman–Crippen LogP) is 4.71. The van der Waals surface area contributed by atoms with Crippen molar-refractivity contribution in [2.24, 2.45) is 0 Å². The molecule has 0 fully saturated rings. The Bertz CT molecular complexity index is 774. The van der Waals surface area contributed by atoms with Crippen LogP contribution >= 0.6 is 0 Å². The van der Waals surface area contributed by atoms with Crippen molar-refractivity contribution in [2.45, 2.75) is 26.2 Å². The first-order valence-corrected chi connectivity index (χ1v) is 8.99. The third-order valence-electron chi connectivity index (χ3n) is 4.19. The third-order valence-corrected chi connectivity index (χ3v) is 4.19. The minimum absolute atomic E-state index is 0.187. The van der Waals surface area contributed by atoms with E-state index in [9.17, 15) is 4.79 Å². The number of benzene rings is 2. The summed E-state index contributed by atoms with van der Waals surface area (Å²) in [7, 11) is 4.68. The van der Waals surface area contributed by atoms with Gasteiger partial charge in [-0.05, 0) is 48.2 Å². The summed E-state index contributed by atoms with van der Waals surface area (Å²) in [6.45, 7) is 2.15. The first kappa shape index (κ1) is 20.4. The number of hydrogen-bond acceptors (Lipinski definition) is 4. The van der Waals surface area contributed by atoms with E-state index >= 15 is 0 Å². The lowest BCUT2D eigenvalue weighted by Gasteiger charge is -2.13. The number of aryl methyl sites for hydroxylation is 1. The van der Waals surface area contributed by atoms with Gasteiger partial charge in [0.15, 0.2) is 11.5 Å². The minimum Gasteiger partial charge on any atom is -0.493 e. The molecule has 1 N–H and O–H groups in total. The van der Waals surface area contributed by atoms with Gasteiger partial charge in [-0.1, -0.05) is 31.5 Å². The topological polar surface area (TPSA) is 56.8 Å². The van der Waals surface area contributed by atoms with Crippen LogP contribution in [0.1, 0.15) is 30.9 Å². The zero-order chi connectivity index (χ0) is 19.6. The Hall–Kier alpha value is -2.95. The van der Waals surface area contributed by atoms with E-state index in [4.69, 9.17) is 14.2 Å². The summed E-state index contributed by atoms with van der Waals surface area (Å²) in [6, 6.07) is 11.5. The van der Waals surface area contributed by atoms with Gasteiger partial charge in [-0.25, -0.2) is 0 Å². The fourth-order valence-corrected chi connectivity index (χ4v) is 2.77. The van der Waals surface area contributed by atoms with Gasteiger partial charge in [-0.2, -0.15) is 0 Å². The Labute approximate surface area is 161 Å². The molecule has 0 atom stereocenters. The molecule has 0 aliphatic rings. The van der Waals surface area contributed by atoms with Crippen molar-refractivity contribution in [3.8, 4) is 17.2 Å². The Balaban J connectivity index is 2.15. The molecule has 0 saturated carbocycles. The molecule has 5 nitrogen and oxygen atoms in total. The van der Waals surface area contributed by atoms with Crippen molar-refractivity contribution >= 4 is 17.7 Å². The molecular weight excluding hydrogens is 342 g/mol. The summed E-state index contributed by atoms with van der Waals surface area (Å²) in [6.07, 6.45) is 6.37. The van der Waals surface area contributed by atoms with E-state index in [2.05, 4.69) is 12.2 Å². The van der Waals surface area contributed by atoms with Crippen LogP contribution in [0.25, 0.3) is 6.08 Å². The standard InChI is InChI=1S/C22H27NO4/c1-5-6-9-17-10-7-8-11-18(17)23-21(24)13-12-16-14-19(25-2)22(27-4)20(15-16)26-3/h7-8,10-15H,5-6,9H2,1-4H3,(H,23,24)/b13-12+. The molecule has 27 heavy (non-hydrogen) atoms. The Morgan fingerprint density at radius 2 is 1.70 bits per heavy atom. The smallest absolute Gasteiger partial charge is 0.248 e. The van der Waals surface area contributed by atoms with Gasteiger partial charge < -0.3 is 19.5 Å². The van der Waals surface area contributed by atoms with Crippen LogP contribution in [0.3, 0.4) is 0 Å². The lowest BCUT2D eigenvalue weighted by molar-refractivity contribution is -0.111. The molecular formula is C22H27NO4. The Kier molecular flexibility index (Phi) is 7.74. The molecule has 144 valence electrons. The summed E-state index contributed by atoms with van der Waals surface area (Å²) in [5.41, 5.74) is 2.78. The van der Waals surface area contributed by atoms with Gasteiger partial charge in [0.05, 0.1) is 21.3 Å². The average molecular weight is 369 g/mol. The maximum atomic E-state index is 12.4. The number of para-hydroxylation sites is 1. The molecule has 0 aromatic heterocycles. The van der Waals surface area contributed by atoms with Gasteiger partial charge in [0.2, 0.25) is 11.7 Å². The number of ether oxygens (including phenoxy) is 3. The highest BCUT2D eigenvalue weighted by atomic mass is 16.5. The van der Waals surface area contributed by atoms with Gasteiger partial charge in [-0.3, -0.25) is 4.79 Å². The van der Waals surface area contributed by atoms with E-state index in [1.807, 2.05) is 24.3 Å². The van der Waals surface area contributed by atoms with Crippen molar-refractivity contribution in [2.75, 3.05) is 26.6 Å². The van der Waals surface area contributed by atoms with Crippen LogP contribution in [0.4, 0.5) is 5.69 Å². The molecule has 0 aliphatic heterocycles. The number of nitrogens with one attached hydrogen (secondary N) is 1. The number of carbonyl (C=O) groups is 1. The van der Waals surface area contributed by atoms with E-state index < -0.39 is 0 Å². The van der Waals surface area contributed by atoms with Crippen molar-refractivity contribution in [1.82, 2.24) is 0 Å². The zero-order valence-electron chi connectivity index (χ0n) is 16.4. The van der Waals surface area contributed by atoms with Crippen molar-refractivity contribution in [3.63, 3.8) is 0 Å². The fraction of sp³-hybridized carbons (Fsp3) is 0.318. The monoisotopic (exact) mass is 369 g/mol. The van der Waals surface area contributed by atoms with Gasteiger partial charge in [0.25, 0.3) is 0 Å². The molecule has 1 amide bonds. The molecule has 0 saturated heterocycles. The van der Waals surface area contributed by atoms with Crippen molar-refractivity contribution in [3.05, 3.63) is 53.6 Å². The summed E-state index contributed by atoms with van der Waals surface area (Å²) in [4.78, 5) is 12.4. The molecule has 0 aliphatic carbocycles. The van der Waals surface area contributed by atoms with Crippen LogP contribution in [0.2, 0.25) is 0 Å².